The summed E-state index contributed by atoms with van der Waals surface area (Å²) in [6.45, 7) is 1.92. The molecule has 0 bridgehead atoms. The number of aromatic nitrogens is 2. The number of carbonyl (C=O) groups is 1. The minimum atomic E-state index is -0.409. The Labute approximate surface area is 174 Å². The summed E-state index contributed by atoms with van der Waals surface area (Å²) in [6.07, 6.45) is 3.72. The second-order valence-corrected chi connectivity index (χ2v) is 7.36. The Bertz CT molecular complexity index is 1070. The van der Waals surface area contributed by atoms with Crippen molar-refractivity contribution in [1.29, 1.82) is 0 Å². The van der Waals surface area contributed by atoms with Crippen molar-refractivity contribution < 1.29 is 9.18 Å². The highest BCUT2D eigenvalue weighted by Gasteiger charge is 2.12. The molecule has 2 heterocycles. The van der Waals surface area contributed by atoms with Gasteiger partial charge in [0.1, 0.15) is 12.4 Å². The molecule has 0 spiro atoms. The van der Waals surface area contributed by atoms with Gasteiger partial charge in [-0.15, -0.1) is 0 Å². The number of nitrogens with one attached hydrogen (secondary N) is 1. The molecule has 1 aromatic heterocycles. The first-order chi connectivity index (χ1) is 14.6. The molecular formula is C23H23FN4O2. The predicted octanol–water partition coefficient (Wildman–Crippen LogP) is 3.68. The molecule has 6 nitrogen and oxygen atoms in total. The minimum absolute atomic E-state index is 0.226. The molecule has 0 atom stereocenters. The highest BCUT2D eigenvalue weighted by atomic mass is 19.1. The molecule has 3 aromatic rings. The van der Waals surface area contributed by atoms with Gasteiger partial charge in [0, 0.05) is 36.1 Å². The lowest BCUT2D eigenvalue weighted by atomic mass is 10.1. The van der Waals surface area contributed by atoms with Crippen LogP contribution in [0.1, 0.15) is 19.3 Å². The highest BCUT2D eigenvalue weighted by molar-refractivity contribution is 5.90. The summed E-state index contributed by atoms with van der Waals surface area (Å²) in [6, 6.07) is 16.6. The van der Waals surface area contributed by atoms with Crippen LogP contribution in [0.15, 0.2) is 65.5 Å². The smallest absolute Gasteiger partial charge is 0.267 e. The van der Waals surface area contributed by atoms with Gasteiger partial charge in [-0.1, -0.05) is 12.1 Å². The first-order valence-corrected chi connectivity index (χ1v) is 10.1. The van der Waals surface area contributed by atoms with E-state index in [0.29, 0.717) is 11.4 Å². The van der Waals surface area contributed by atoms with Gasteiger partial charge < -0.3 is 10.2 Å². The lowest BCUT2D eigenvalue weighted by Crippen LogP contribution is -2.29. The maximum atomic E-state index is 13.0. The first kappa shape index (κ1) is 19.8. The Morgan fingerprint density at radius 2 is 1.63 bits per heavy atom. The average Bonchev–Trinajstić information content (AvgIpc) is 2.78. The van der Waals surface area contributed by atoms with Crippen LogP contribution in [-0.2, 0) is 11.3 Å². The number of nitrogens with zero attached hydrogens (tertiary/aromatic N) is 3. The maximum Gasteiger partial charge on any atom is 0.267 e. The van der Waals surface area contributed by atoms with Gasteiger partial charge in [-0.25, -0.2) is 9.07 Å². The zero-order chi connectivity index (χ0) is 20.9. The third kappa shape index (κ3) is 4.74. The zero-order valence-corrected chi connectivity index (χ0v) is 16.6. The van der Waals surface area contributed by atoms with Gasteiger partial charge in [0.15, 0.2) is 0 Å². The van der Waals surface area contributed by atoms with Crippen molar-refractivity contribution in [3.05, 3.63) is 76.8 Å². The number of anilines is 2. The Hall–Kier alpha value is -3.48. The van der Waals surface area contributed by atoms with Crippen LogP contribution in [0.5, 0.6) is 0 Å². The van der Waals surface area contributed by atoms with E-state index in [1.165, 1.54) is 55.3 Å². The summed E-state index contributed by atoms with van der Waals surface area (Å²) >= 11 is 0. The summed E-state index contributed by atoms with van der Waals surface area (Å²) in [5.74, 6) is -0.793. The van der Waals surface area contributed by atoms with Gasteiger partial charge in [-0.2, -0.15) is 5.10 Å². The van der Waals surface area contributed by atoms with E-state index in [-0.39, 0.29) is 17.9 Å². The quantitative estimate of drug-likeness (QED) is 0.702. The van der Waals surface area contributed by atoms with E-state index in [0.717, 1.165) is 23.3 Å². The van der Waals surface area contributed by atoms with Crippen molar-refractivity contribution in [1.82, 2.24) is 9.78 Å². The number of halogens is 1. The van der Waals surface area contributed by atoms with Gasteiger partial charge in [-0.3, -0.25) is 9.59 Å². The Balaban J connectivity index is 1.47. The van der Waals surface area contributed by atoms with E-state index in [1.54, 1.807) is 6.07 Å². The van der Waals surface area contributed by atoms with Crippen LogP contribution < -0.4 is 15.8 Å². The Kier molecular flexibility index (Phi) is 5.88. The summed E-state index contributed by atoms with van der Waals surface area (Å²) < 4.78 is 14.1. The van der Waals surface area contributed by atoms with E-state index in [9.17, 15) is 14.0 Å². The van der Waals surface area contributed by atoms with Crippen molar-refractivity contribution >= 4 is 17.3 Å². The average molecular weight is 406 g/mol. The molecule has 0 aliphatic carbocycles. The number of benzene rings is 2. The SMILES string of the molecule is O=C(Cn1nc(-c2ccc(N3CCCCC3)cc2)ccc1=O)Nc1ccc(F)cc1. The van der Waals surface area contributed by atoms with Gasteiger partial charge in [0.25, 0.3) is 5.56 Å². The third-order valence-corrected chi connectivity index (χ3v) is 5.17. The standard InChI is InChI=1S/C23H23FN4O2/c24-18-6-8-19(9-7-18)25-22(29)16-28-23(30)13-12-21(26-28)17-4-10-20(11-5-17)27-14-2-1-3-15-27/h4-13H,1-3,14-16H2,(H,25,29). The lowest BCUT2D eigenvalue weighted by Gasteiger charge is -2.28. The lowest BCUT2D eigenvalue weighted by molar-refractivity contribution is -0.117. The molecule has 154 valence electrons. The molecule has 2 aromatic carbocycles. The fraction of sp³-hybridized carbons (Fsp3) is 0.261. The first-order valence-electron chi connectivity index (χ1n) is 10.1. The predicted molar refractivity (Wildman–Crippen MR) is 115 cm³/mol. The molecule has 0 unspecified atom stereocenters. The van der Waals surface area contributed by atoms with Crippen LogP contribution in [-0.4, -0.2) is 28.8 Å². The molecule has 4 rings (SSSR count). The van der Waals surface area contributed by atoms with Crippen molar-refractivity contribution in [3.8, 4) is 11.3 Å². The summed E-state index contributed by atoms with van der Waals surface area (Å²) in [7, 11) is 0. The van der Waals surface area contributed by atoms with Crippen LogP contribution in [0.4, 0.5) is 15.8 Å². The fourth-order valence-electron chi connectivity index (χ4n) is 3.58. The zero-order valence-electron chi connectivity index (χ0n) is 16.6. The maximum absolute atomic E-state index is 13.0. The third-order valence-electron chi connectivity index (χ3n) is 5.17. The molecule has 30 heavy (non-hydrogen) atoms. The van der Waals surface area contributed by atoms with E-state index in [4.69, 9.17) is 0 Å². The van der Waals surface area contributed by atoms with Crippen molar-refractivity contribution in [2.75, 3.05) is 23.3 Å². The van der Waals surface area contributed by atoms with Crippen molar-refractivity contribution in [2.45, 2.75) is 25.8 Å². The van der Waals surface area contributed by atoms with Crippen LogP contribution in [0, 0.1) is 5.82 Å². The molecular weight excluding hydrogens is 383 g/mol. The highest BCUT2D eigenvalue weighted by Crippen LogP contribution is 2.23. The van der Waals surface area contributed by atoms with Crippen LogP contribution >= 0.6 is 0 Å². The Morgan fingerprint density at radius 1 is 0.933 bits per heavy atom. The number of carbonyl (C=O) groups excluding carboxylic acids is 1. The topological polar surface area (TPSA) is 67.2 Å². The molecule has 1 saturated heterocycles. The second kappa shape index (κ2) is 8.90. The number of amides is 1. The monoisotopic (exact) mass is 406 g/mol. The van der Waals surface area contributed by atoms with Gasteiger partial charge in [0.05, 0.1) is 5.69 Å². The van der Waals surface area contributed by atoms with E-state index in [2.05, 4.69) is 27.4 Å². The van der Waals surface area contributed by atoms with Crippen molar-refractivity contribution in [3.63, 3.8) is 0 Å². The second-order valence-electron chi connectivity index (χ2n) is 7.36. The molecule has 1 aliphatic rings. The normalized spacial score (nSPS) is 13.8. The van der Waals surface area contributed by atoms with E-state index < -0.39 is 5.91 Å². The summed E-state index contributed by atoms with van der Waals surface area (Å²) in [5.41, 5.74) is 2.78. The van der Waals surface area contributed by atoms with Gasteiger partial charge >= 0.3 is 0 Å². The largest absolute Gasteiger partial charge is 0.372 e. The van der Waals surface area contributed by atoms with Crippen molar-refractivity contribution in [2.24, 2.45) is 0 Å². The Morgan fingerprint density at radius 3 is 2.33 bits per heavy atom. The van der Waals surface area contributed by atoms with Crippen LogP contribution in [0.2, 0.25) is 0 Å². The summed E-state index contributed by atoms with van der Waals surface area (Å²) in [5, 5.41) is 6.99. The molecule has 1 amide bonds. The number of rotatable bonds is 5. The van der Waals surface area contributed by atoms with E-state index in [1.807, 2.05) is 12.1 Å². The van der Waals surface area contributed by atoms with Gasteiger partial charge in [-0.05, 0) is 61.7 Å². The molecule has 0 saturated carbocycles. The number of hydrogen-bond acceptors (Lipinski definition) is 4. The molecule has 1 aliphatic heterocycles. The minimum Gasteiger partial charge on any atom is -0.372 e. The van der Waals surface area contributed by atoms with E-state index >= 15 is 0 Å². The molecule has 7 heteroatoms. The molecule has 1 N–H and O–H groups in total. The number of piperidine rings is 1. The number of hydrogen-bond donors (Lipinski definition) is 1. The molecule has 1 fully saturated rings. The van der Waals surface area contributed by atoms with Gasteiger partial charge in [0.2, 0.25) is 5.91 Å². The van der Waals surface area contributed by atoms with Crippen LogP contribution in [0.25, 0.3) is 11.3 Å². The molecule has 0 radical (unpaired) electrons. The summed E-state index contributed by atoms with van der Waals surface area (Å²) in [4.78, 5) is 26.8. The van der Waals surface area contributed by atoms with Crippen LogP contribution in [0.3, 0.4) is 0 Å². The fourth-order valence-corrected chi connectivity index (χ4v) is 3.58.